The maximum Gasteiger partial charge on any atom is 0.338 e. The Balaban J connectivity index is 2.44. The maximum atomic E-state index is 12.2. The largest absolute Gasteiger partial charge is 0.465 e. The van der Waals surface area contributed by atoms with Crippen LogP contribution in [0.25, 0.3) is 21.8 Å². The lowest BCUT2D eigenvalue weighted by Crippen LogP contribution is -2.10. The molecule has 2 heterocycles. The summed E-state index contributed by atoms with van der Waals surface area (Å²) in [5.41, 5.74) is 8.70. The van der Waals surface area contributed by atoms with E-state index in [2.05, 4.69) is 10.1 Å². The van der Waals surface area contributed by atoms with E-state index >= 15 is 0 Å². The number of nitrogens with two attached hydrogens (primary N) is 1. The fraction of sp³-hybridized carbons (Fsp3) is 0.312. The molecule has 1 unspecified atom stereocenters. The summed E-state index contributed by atoms with van der Waals surface area (Å²) >= 11 is 0. The number of hydrogen-bond acceptors (Lipinski definition) is 6. The molecule has 7 nitrogen and oxygen atoms in total. The van der Waals surface area contributed by atoms with E-state index in [-0.39, 0.29) is 6.10 Å². The normalized spacial score (nSPS) is 12.7. The molecule has 0 aliphatic carbocycles. The van der Waals surface area contributed by atoms with E-state index in [0.717, 1.165) is 16.3 Å². The number of methoxy groups -OCH3 is 2. The fourth-order valence-electron chi connectivity index (χ4n) is 2.77. The number of carbonyl (C=O) groups is 1. The van der Waals surface area contributed by atoms with Crippen LogP contribution in [0.3, 0.4) is 0 Å². The zero-order valence-corrected chi connectivity index (χ0v) is 13.5. The van der Waals surface area contributed by atoms with E-state index < -0.39 is 5.97 Å². The average Bonchev–Trinajstić information content (AvgIpc) is 2.95. The van der Waals surface area contributed by atoms with Gasteiger partial charge in [-0.2, -0.15) is 5.10 Å². The van der Waals surface area contributed by atoms with Crippen molar-refractivity contribution in [2.45, 2.75) is 13.0 Å². The van der Waals surface area contributed by atoms with Crippen LogP contribution < -0.4 is 5.73 Å². The first-order chi connectivity index (χ1) is 11.0. The first-order valence-corrected chi connectivity index (χ1v) is 7.13. The number of fused-ring (bicyclic) bond motifs is 3. The van der Waals surface area contributed by atoms with Gasteiger partial charge in [0.2, 0.25) is 0 Å². The molecule has 0 aliphatic heterocycles. The number of hydrogen-bond donors (Lipinski definition) is 1. The number of carbonyl (C=O) groups excluding carboxylic acids is 1. The van der Waals surface area contributed by atoms with Crippen molar-refractivity contribution in [1.82, 2.24) is 14.8 Å². The van der Waals surface area contributed by atoms with Gasteiger partial charge in [0.15, 0.2) is 0 Å². The average molecular weight is 314 g/mol. The highest BCUT2D eigenvalue weighted by molar-refractivity contribution is 6.10. The van der Waals surface area contributed by atoms with Crippen LogP contribution in [-0.2, 0) is 16.5 Å². The molecule has 0 radical (unpaired) electrons. The van der Waals surface area contributed by atoms with E-state index in [1.807, 2.05) is 20.0 Å². The third-order valence-corrected chi connectivity index (χ3v) is 4.08. The van der Waals surface area contributed by atoms with E-state index in [9.17, 15) is 4.79 Å². The van der Waals surface area contributed by atoms with Crippen LogP contribution in [0.1, 0.15) is 28.9 Å². The zero-order chi connectivity index (χ0) is 16.7. The molecule has 7 heteroatoms. The second-order valence-corrected chi connectivity index (χ2v) is 5.35. The molecule has 0 amide bonds. The molecule has 0 fully saturated rings. The van der Waals surface area contributed by atoms with Crippen LogP contribution in [0.15, 0.2) is 18.3 Å². The third-order valence-electron chi connectivity index (χ3n) is 4.08. The Kier molecular flexibility index (Phi) is 3.65. The second kappa shape index (κ2) is 5.51. The van der Waals surface area contributed by atoms with Crippen molar-refractivity contribution in [1.29, 1.82) is 0 Å². The van der Waals surface area contributed by atoms with Crippen molar-refractivity contribution in [2.24, 2.45) is 7.05 Å². The highest BCUT2D eigenvalue weighted by atomic mass is 16.5. The Hall–Kier alpha value is -2.67. The molecule has 0 spiro atoms. The predicted molar refractivity (Wildman–Crippen MR) is 87.2 cm³/mol. The number of nitrogen functional groups attached to an aromatic ring is 1. The molecule has 0 bridgehead atoms. The van der Waals surface area contributed by atoms with Crippen LogP contribution in [0.4, 0.5) is 5.82 Å². The number of nitrogens with zero attached hydrogens (tertiary/aromatic N) is 3. The zero-order valence-electron chi connectivity index (χ0n) is 13.5. The number of benzene rings is 1. The van der Waals surface area contributed by atoms with Crippen LogP contribution in [0.5, 0.6) is 0 Å². The number of aromatic nitrogens is 3. The summed E-state index contributed by atoms with van der Waals surface area (Å²) in [6.07, 6.45) is 1.39. The molecule has 3 aromatic rings. The van der Waals surface area contributed by atoms with Gasteiger partial charge in [0.25, 0.3) is 0 Å². The minimum atomic E-state index is -0.419. The maximum absolute atomic E-state index is 12.2. The van der Waals surface area contributed by atoms with Gasteiger partial charge in [-0.1, -0.05) is 0 Å². The number of ether oxygens (including phenoxy) is 2. The van der Waals surface area contributed by atoms with Gasteiger partial charge in [-0.05, 0) is 24.6 Å². The van der Waals surface area contributed by atoms with Gasteiger partial charge >= 0.3 is 5.97 Å². The van der Waals surface area contributed by atoms with Crippen molar-refractivity contribution < 1.29 is 14.3 Å². The molecule has 1 aromatic carbocycles. The van der Waals surface area contributed by atoms with Crippen molar-refractivity contribution in [3.05, 3.63) is 29.5 Å². The summed E-state index contributed by atoms with van der Waals surface area (Å²) in [6, 6.07) is 3.58. The molecule has 3 rings (SSSR count). The van der Waals surface area contributed by atoms with Crippen molar-refractivity contribution >= 4 is 33.6 Å². The molecule has 2 N–H and O–H groups in total. The summed E-state index contributed by atoms with van der Waals surface area (Å²) in [5, 5.41) is 5.78. The molecular formula is C16H18N4O3. The minimum absolute atomic E-state index is 0.279. The molecule has 0 saturated heterocycles. The molecular weight excluding hydrogens is 296 g/mol. The summed E-state index contributed by atoms with van der Waals surface area (Å²) in [6.45, 7) is 1.86. The van der Waals surface area contributed by atoms with Crippen LogP contribution >= 0.6 is 0 Å². The summed E-state index contributed by atoms with van der Waals surface area (Å²) in [7, 11) is 4.77. The van der Waals surface area contributed by atoms with Gasteiger partial charge in [0.1, 0.15) is 5.82 Å². The molecule has 2 aromatic heterocycles. The van der Waals surface area contributed by atoms with Crippen molar-refractivity contribution in [3.63, 3.8) is 0 Å². The third kappa shape index (κ3) is 2.29. The van der Waals surface area contributed by atoms with E-state index in [1.165, 1.54) is 7.11 Å². The highest BCUT2D eigenvalue weighted by Crippen LogP contribution is 2.32. The molecule has 0 aliphatic rings. The lowest BCUT2D eigenvalue weighted by Gasteiger charge is -2.16. The lowest BCUT2D eigenvalue weighted by molar-refractivity contribution is 0.0589. The SMILES string of the molecule is COC(=O)c1cc2c(cc1C(C)OC)nc(N)c1cnn(C)c12. The van der Waals surface area contributed by atoms with E-state index in [1.54, 1.807) is 24.1 Å². The number of pyridine rings is 1. The fourth-order valence-corrected chi connectivity index (χ4v) is 2.77. The Labute approximate surface area is 133 Å². The molecule has 120 valence electrons. The number of anilines is 1. The lowest BCUT2D eigenvalue weighted by atomic mass is 9.99. The smallest absolute Gasteiger partial charge is 0.338 e. The van der Waals surface area contributed by atoms with Gasteiger partial charge in [-0.3, -0.25) is 4.68 Å². The van der Waals surface area contributed by atoms with Gasteiger partial charge in [0, 0.05) is 19.5 Å². The van der Waals surface area contributed by atoms with Crippen molar-refractivity contribution in [3.8, 4) is 0 Å². The summed E-state index contributed by atoms with van der Waals surface area (Å²) in [4.78, 5) is 16.6. The van der Waals surface area contributed by atoms with Crippen LogP contribution in [0.2, 0.25) is 0 Å². The number of esters is 1. The summed E-state index contributed by atoms with van der Waals surface area (Å²) in [5.74, 6) is -0.0135. The Bertz CT molecular complexity index is 917. The Morgan fingerprint density at radius 3 is 2.70 bits per heavy atom. The predicted octanol–water partition coefficient (Wildman–Crippen LogP) is 2.20. The number of rotatable bonds is 3. The van der Waals surface area contributed by atoms with Crippen LogP contribution in [0, 0.1) is 0 Å². The van der Waals surface area contributed by atoms with Crippen molar-refractivity contribution in [2.75, 3.05) is 20.0 Å². The Morgan fingerprint density at radius 2 is 2.04 bits per heavy atom. The van der Waals surface area contributed by atoms with Gasteiger partial charge in [-0.25, -0.2) is 9.78 Å². The minimum Gasteiger partial charge on any atom is -0.465 e. The van der Waals surface area contributed by atoms with Crippen LogP contribution in [-0.4, -0.2) is 35.0 Å². The monoisotopic (exact) mass is 314 g/mol. The van der Waals surface area contributed by atoms with E-state index in [4.69, 9.17) is 15.2 Å². The highest BCUT2D eigenvalue weighted by Gasteiger charge is 2.20. The molecule has 0 saturated carbocycles. The summed E-state index contributed by atoms with van der Waals surface area (Å²) < 4.78 is 12.0. The quantitative estimate of drug-likeness (QED) is 0.745. The molecule has 23 heavy (non-hydrogen) atoms. The standard InChI is InChI=1S/C16H18N4O3/c1-8(22-3)9-6-13-11(5-10(9)16(21)23-4)14-12(15(17)19-13)7-18-20(14)2/h5-8H,1-4H3,(H2,17,19). The van der Waals surface area contributed by atoms with Gasteiger partial charge < -0.3 is 15.2 Å². The van der Waals surface area contributed by atoms with Gasteiger partial charge in [-0.15, -0.1) is 0 Å². The first-order valence-electron chi connectivity index (χ1n) is 7.13. The second-order valence-electron chi connectivity index (χ2n) is 5.35. The van der Waals surface area contributed by atoms with Gasteiger partial charge in [0.05, 0.1) is 41.4 Å². The topological polar surface area (TPSA) is 92.3 Å². The van der Waals surface area contributed by atoms with E-state index in [0.29, 0.717) is 22.5 Å². The molecule has 1 atom stereocenters. The number of aryl methyl sites for hydroxylation is 1. The Morgan fingerprint density at radius 1 is 1.30 bits per heavy atom. The first kappa shape index (κ1) is 15.2.